The van der Waals surface area contributed by atoms with E-state index >= 15 is 0 Å². The highest BCUT2D eigenvalue weighted by atomic mass is 16.7. The maximum atomic E-state index is 6.11. The molecule has 124 valence electrons. The highest BCUT2D eigenvalue weighted by Crippen LogP contribution is 2.39. The number of hydrogen-bond donors (Lipinski definition) is 1. The fourth-order valence-electron chi connectivity index (χ4n) is 2.84. The van der Waals surface area contributed by atoms with Gasteiger partial charge in [-0.2, -0.15) is 0 Å². The highest BCUT2D eigenvalue weighted by Gasteiger charge is 2.51. The van der Waals surface area contributed by atoms with Gasteiger partial charge in [-0.15, -0.1) is 0 Å². The Bertz CT molecular complexity index is 748. The SMILES string of the molecule is CC1(C)OB(c2ccc3c(c2)OC(c2ccccn2)N3)OC1(C)C. The molecule has 4 rings (SSSR count). The van der Waals surface area contributed by atoms with E-state index in [2.05, 4.69) is 38.0 Å². The molecular formula is C18H21BN2O3. The van der Waals surface area contributed by atoms with Crippen LogP contribution in [0, 0.1) is 0 Å². The van der Waals surface area contributed by atoms with E-state index in [9.17, 15) is 0 Å². The van der Waals surface area contributed by atoms with E-state index in [0.29, 0.717) is 0 Å². The summed E-state index contributed by atoms with van der Waals surface area (Å²) in [5.41, 5.74) is 2.05. The number of benzene rings is 1. The molecule has 0 saturated carbocycles. The highest BCUT2D eigenvalue weighted by molar-refractivity contribution is 6.62. The third kappa shape index (κ3) is 2.46. The van der Waals surface area contributed by atoms with Crippen LogP contribution in [0.2, 0.25) is 0 Å². The van der Waals surface area contributed by atoms with Crippen LogP contribution in [-0.4, -0.2) is 23.3 Å². The normalized spacial score (nSPS) is 23.5. The number of hydrogen-bond acceptors (Lipinski definition) is 5. The summed E-state index contributed by atoms with van der Waals surface area (Å²) >= 11 is 0. The quantitative estimate of drug-likeness (QED) is 0.861. The first-order chi connectivity index (χ1) is 11.4. The molecule has 0 bridgehead atoms. The lowest BCUT2D eigenvalue weighted by Gasteiger charge is -2.32. The lowest BCUT2D eigenvalue weighted by atomic mass is 9.79. The molecule has 2 aliphatic heterocycles. The Morgan fingerprint density at radius 1 is 1.04 bits per heavy atom. The van der Waals surface area contributed by atoms with Gasteiger partial charge in [-0.1, -0.05) is 12.1 Å². The zero-order valence-electron chi connectivity index (χ0n) is 14.4. The molecule has 1 aromatic heterocycles. The zero-order chi connectivity index (χ0) is 16.9. The third-order valence-corrected chi connectivity index (χ3v) is 5.02. The van der Waals surface area contributed by atoms with Crippen molar-refractivity contribution in [3.8, 4) is 5.75 Å². The van der Waals surface area contributed by atoms with Gasteiger partial charge in [0.15, 0.2) is 0 Å². The van der Waals surface area contributed by atoms with Gasteiger partial charge < -0.3 is 19.4 Å². The van der Waals surface area contributed by atoms with Gasteiger partial charge in [0.05, 0.1) is 16.9 Å². The standard InChI is InChI=1S/C18H21BN2O3/c1-17(2)18(3,4)24-19(23-17)12-8-9-13-15(11-12)22-16(21-13)14-7-5-6-10-20-14/h5-11,16,21H,1-4H3. The van der Waals surface area contributed by atoms with Gasteiger partial charge in [0.25, 0.3) is 0 Å². The van der Waals surface area contributed by atoms with Crippen molar-refractivity contribution >= 4 is 18.3 Å². The summed E-state index contributed by atoms with van der Waals surface area (Å²) < 4.78 is 18.2. The van der Waals surface area contributed by atoms with Crippen LogP contribution in [0.3, 0.4) is 0 Å². The Kier molecular flexibility index (Phi) is 3.37. The molecule has 0 spiro atoms. The van der Waals surface area contributed by atoms with Crippen LogP contribution in [0.1, 0.15) is 39.6 Å². The van der Waals surface area contributed by atoms with E-state index in [1.165, 1.54) is 0 Å². The van der Waals surface area contributed by atoms with Crippen LogP contribution in [-0.2, 0) is 9.31 Å². The second-order valence-corrected chi connectivity index (χ2v) is 7.24. The first-order valence-corrected chi connectivity index (χ1v) is 8.19. The summed E-state index contributed by atoms with van der Waals surface area (Å²) in [4.78, 5) is 4.34. The van der Waals surface area contributed by atoms with Crippen LogP contribution in [0.15, 0.2) is 42.6 Å². The second-order valence-electron chi connectivity index (χ2n) is 7.24. The predicted molar refractivity (Wildman–Crippen MR) is 93.4 cm³/mol. The van der Waals surface area contributed by atoms with E-state index in [1.807, 2.05) is 36.4 Å². The van der Waals surface area contributed by atoms with Crippen molar-refractivity contribution in [2.24, 2.45) is 0 Å². The molecule has 1 fully saturated rings. The van der Waals surface area contributed by atoms with Gasteiger partial charge in [0.1, 0.15) is 11.4 Å². The maximum Gasteiger partial charge on any atom is 0.494 e. The van der Waals surface area contributed by atoms with Gasteiger partial charge in [0, 0.05) is 6.20 Å². The van der Waals surface area contributed by atoms with Gasteiger partial charge in [-0.25, -0.2) is 0 Å². The van der Waals surface area contributed by atoms with Gasteiger partial charge in [-0.05, 0) is 57.4 Å². The molecule has 1 unspecified atom stereocenters. The Morgan fingerprint density at radius 3 is 2.46 bits per heavy atom. The van der Waals surface area contributed by atoms with Gasteiger partial charge in [0.2, 0.25) is 6.23 Å². The van der Waals surface area contributed by atoms with Crippen LogP contribution in [0.5, 0.6) is 5.75 Å². The van der Waals surface area contributed by atoms with E-state index in [4.69, 9.17) is 14.0 Å². The topological polar surface area (TPSA) is 52.6 Å². The molecule has 1 aromatic carbocycles. The van der Waals surface area contributed by atoms with Gasteiger partial charge in [-0.3, -0.25) is 4.98 Å². The maximum absolute atomic E-state index is 6.11. The molecular weight excluding hydrogens is 303 g/mol. The minimum absolute atomic E-state index is 0.269. The lowest BCUT2D eigenvalue weighted by molar-refractivity contribution is 0.00578. The average molecular weight is 324 g/mol. The molecule has 0 radical (unpaired) electrons. The van der Waals surface area contributed by atoms with E-state index in [-0.39, 0.29) is 17.4 Å². The first kappa shape index (κ1) is 15.5. The number of anilines is 1. The van der Waals surface area contributed by atoms with Crippen molar-refractivity contribution in [2.75, 3.05) is 5.32 Å². The van der Waals surface area contributed by atoms with Crippen molar-refractivity contribution in [2.45, 2.75) is 45.1 Å². The summed E-state index contributed by atoms with van der Waals surface area (Å²) in [5.74, 6) is 0.790. The van der Waals surface area contributed by atoms with E-state index < -0.39 is 7.12 Å². The van der Waals surface area contributed by atoms with Crippen LogP contribution < -0.4 is 15.5 Å². The third-order valence-electron chi connectivity index (χ3n) is 5.02. The molecule has 1 N–H and O–H groups in total. The first-order valence-electron chi connectivity index (χ1n) is 8.19. The Hall–Kier alpha value is -2.05. The van der Waals surface area contributed by atoms with E-state index in [0.717, 1.165) is 22.6 Å². The van der Waals surface area contributed by atoms with Gasteiger partial charge >= 0.3 is 7.12 Å². The summed E-state index contributed by atoms with van der Waals surface area (Å²) in [6.45, 7) is 8.20. The fourth-order valence-corrected chi connectivity index (χ4v) is 2.84. The number of pyridine rings is 1. The van der Waals surface area contributed by atoms with Crippen molar-refractivity contribution < 1.29 is 14.0 Å². The number of ether oxygens (including phenoxy) is 1. The molecule has 0 amide bonds. The molecule has 5 nitrogen and oxygen atoms in total. The molecule has 2 aromatic rings. The predicted octanol–water partition coefficient (Wildman–Crippen LogP) is 2.88. The summed E-state index contributed by atoms with van der Waals surface area (Å²) in [6, 6.07) is 11.8. The monoisotopic (exact) mass is 324 g/mol. The minimum atomic E-state index is -0.391. The van der Waals surface area contributed by atoms with Crippen molar-refractivity contribution in [1.29, 1.82) is 0 Å². The largest absolute Gasteiger partial charge is 0.494 e. The Balaban J connectivity index is 1.57. The molecule has 0 aliphatic carbocycles. The minimum Gasteiger partial charge on any atom is -0.463 e. The van der Waals surface area contributed by atoms with E-state index in [1.54, 1.807) is 6.20 Å². The number of fused-ring (bicyclic) bond motifs is 1. The van der Waals surface area contributed by atoms with Crippen molar-refractivity contribution in [3.63, 3.8) is 0 Å². The Labute approximate surface area is 142 Å². The molecule has 2 aliphatic rings. The summed E-state index contributed by atoms with van der Waals surface area (Å²) in [5, 5.41) is 3.33. The lowest BCUT2D eigenvalue weighted by Crippen LogP contribution is -2.41. The van der Waals surface area contributed by atoms with Crippen LogP contribution in [0.25, 0.3) is 0 Å². The number of nitrogens with zero attached hydrogens (tertiary/aromatic N) is 1. The molecule has 6 heteroatoms. The smallest absolute Gasteiger partial charge is 0.463 e. The van der Waals surface area contributed by atoms with Crippen molar-refractivity contribution in [1.82, 2.24) is 4.98 Å². The molecule has 1 saturated heterocycles. The van der Waals surface area contributed by atoms with Crippen molar-refractivity contribution in [3.05, 3.63) is 48.3 Å². The number of nitrogens with one attached hydrogen (secondary N) is 1. The zero-order valence-corrected chi connectivity index (χ0v) is 14.4. The fraction of sp³-hybridized carbons (Fsp3) is 0.389. The number of aromatic nitrogens is 1. The molecule has 1 atom stereocenters. The van der Waals surface area contributed by atoms with Crippen LogP contribution in [0.4, 0.5) is 5.69 Å². The number of rotatable bonds is 2. The second kappa shape index (κ2) is 5.23. The molecule has 3 heterocycles. The molecule has 24 heavy (non-hydrogen) atoms. The average Bonchev–Trinajstić information content (AvgIpc) is 3.06. The Morgan fingerprint density at radius 2 is 1.79 bits per heavy atom. The van der Waals surface area contributed by atoms with Crippen LogP contribution >= 0.6 is 0 Å². The summed E-state index contributed by atoms with van der Waals surface area (Å²) in [6.07, 6.45) is 1.49. The summed E-state index contributed by atoms with van der Waals surface area (Å²) in [7, 11) is -0.391.